The normalized spacial score (nSPS) is 13.1. The molecular formula is C14H25N3S. The maximum absolute atomic E-state index is 5.86. The zero-order valence-electron chi connectivity index (χ0n) is 11.9. The molecule has 0 aliphatic rings. The maximum atomic E-state index is 5.86. The number of hydrogen-bond donors (Lipinski definition) is 2. The highest BCUT2D eigenvalue weighted by Crippen LogP contribution is 2.27. The van der Waals surface area contributed by atoms with Crippen molar-refractivity contribution in [3.05, 3.63) is 22.4 Å². The SMILES string of the molecule is CC(C)CCNC(N)=NCC(C)(C)c1cccs1. The summed E-state index contributed by atoms with van der Waals surface area (Å²) < 4.78 is 0. The average Bonchev–Trinajstić information content (AvgIpc) is 2.80. The van der Waals surface area contributed by atoms with Gasteiger partial charge in [0, 0.05) is 16.8 Å². The van der Waals surface area contributed by atoms with E-state index in [2.05, 4.69) is 55.5 Å². The maximum Gasteiger partial charge on any atom is 0.188 e. The lowest BCUT2D eigenvalue weighted by atomic mass is 9.92. The lowest BCUT2D eigenvalue weighted by molar-refractivity contribution is 0.546. The monoisotopic (exact) mass is 267 g/mol. The molecule has 3 N–H and O–H groups in total. The van der Waals surface area contributed by atoms with Gasteiger partial charge in [0.05, 0.1) is 6.54 Å². The van der Waals surface area contributed by atoms with Gasteiger partial charge in [-0.3, -0.25) is 4.99 Å². The third-order valence-corrected chi connectivity index (χ3v) is 4.10. The minimum atomic E-state index is 0.0541. The third-order valence-electron chi connectivity index (χ3n) is 2.86. The highest BCUT2D eigenvalue weighted by molar-refractivity contribution is 7.10. The van der Waals surface area contributed by atoms with Gasteiger partial charge in [-0.25, -0.2) is 0 Å². The van der Waals surface area contributed by atoms with Crippen LogP contribution in [0.15, 0.2) is 22.5 Å². The van der Waals surface area contributed by atoms with E-state index in [4.69, 9.17) is 5.73 Å². The van der Waals surface area contributed by atoms with Crippen LogP contribution in [0, 0.1) is 5.92 Å². The summed E-state index contributed by atoms with van der Waals surface area (Å²) in [5, 5.41) is 5.27. The van der Waals surface area contributed by atoms with Crippen molar-refractivity contribution in [2.24, 2.45) is 16.6 Å². The molecule has 0 aromatic carbocycles. The number of thiophene rings is 1. The molecular weight excluding hydrogens is 242 g/mol. The molecule has 0 aliphatic heterocycles. The summed E-state index contributed by atoms with van der Waals surface area (Å²) in [6, 6.07) is 4.23. The van der Waals surface area contributed by atoms with Crippen molar-refractivity contribution in [3.63, 3.8) is 0 Å². The van der Waals surface area contributed by atoms with E-state index in [-0.39, 0.29) is 5.41 Å². The summed E-state index contributed by atoms with van der Waals surface area (Å²) in [6.45, 7) is 10.4. The van der Waals surface area contributed by atoms with Gasteiger partial charge < -0.3 is 11.1 Å². The first-order valence-corrected chi connectivity index (χ1v) is 7.37. The molecule has 3 nitrogen and oxygen atoms in total. The van der Waals surface area contributed by atoms with E-state index in [9.17, 15) is 0 Å². The van der Waals surface area contributed by atoms with E-state index in [1.165, 1.54) is 4.88 Å². The van der Waals surface area contributed by atoms with Crippen molar-refractivity contribution < 1.29 is 0 Å². The van der Waals surface area contributed by atoms with Gasteiger partial charge >= 0.3 is 0 Å². The fourth-order valence-corrected chi connectivity index (χ4v) is 2.41. The fraction of sp³-hybridized carbons (Fsp3) is 0.643. The van der Waals surface area contributed by atoms with Crippen molar-refractivity contribution in [2.45, 2.75) is 39.5 Å². The number of guanidine groups is 1. The highest BCUT2D eigenvalue weighted by atomic mass is 32.1. The van der Waals surface area contributed by atoms with Crippen LogP contribution in [-0.4, -0.2) is 19.0 Å². The average molecular weight is 267 g/mol. The summed E-state index contributed by atoms with van der Waals surface area (Å²) in [4.78, 5) is 5.79. The molecule has 0 unspecified atom stereocenters. The largest absolute Gasteiger partial charge is 0.370 e. The molecule has 0 spiro atoms. The van der Waals surface area contributed by atoms with Gasteiger partial charge in [0.25, 0.3) is 0 Å². The van der Waals surface area contributed by atoms with Crippen LogP contribution >= 0.6 is 11.3 Å². The lowest BCUT2D eigenvalue weighted by Gasteiger charge is -2.21. The summed E-state index contributed by atoms with van der Waals surface area (Å²) >= 11 is 1.77. The quantitative estimate of drug-likeness (QED) is 0.615. The van der Waals surface area contributed by atoms with Crippen LogP contribution in [0.1, 0.15) is 39.0 Å². The van der Waals surface area contributed by atoms with Crippen molar-refractivity contribution in [3.8, 4) is 0 Å². The third kappa shape index (κ3) is 5.08. The Labute approximate surface area is 115 Å². The van der Waals surface area contributed by atoms with Crippen LogP contribution in [0.5, 0.6) is 0 Å². The van der Waals surface area contributed by atoms with Gasteiger partial charge in [-0.05, 0) is 23.8 Å². The second kappa shape index (κ2) is 6.78. The van der Waals surface area contributed by atoms with Gasteiger partial charge in [-0.2, -0.15) is 0 Å². The zero-order chi connectivity index (χ0) is 13.6. The molecule has 0 fully saturated rings. The summed E-state index contributed by atoms with van der Waals surface area (Å²) in [6.07, 6.45) is 1.12. The molecule has 18 heavy (non-hydrogen) atoms. The molecule has 0 amide bonds. The van der Waals surface area contributed by atoms with Crippen LogP contribution < -0.4 is 11.1 Å². The number of nitrogens with one attached hydrogen (secondary N) is 1. The van der Waals surface area contributed by atoms with Gasteiger partial charge in [-0.1, -0.05) is 33.8 Å². The molecule has 1 rings (SSSR count). The van der Waals surface area contributed by atoms with Gasteiger partial charge in [-0.15, -0.1) is 11.3 Å². The highest BCUT2D eigenvalue weighted by Gasteiger charge is 2.21. The molecule has 0 bridgehead atoms. The van der Waals surface area contributed by atoms with Crippen molar-refractivity contribution in [1.82, 2.24) is 5.32 Å². The minimum absolute atomic E-state index is 0.0541. The van der Waals surface area contributed by atoms with E-state index in [1.54, 1.807) is 11.3 Å². The molecule has 1 heterocycles. The number of nitrogens with zero attached hydrogens (tertiary/aromatic N) is 1. The summed E-state index contributed by atoms with van der Waals surface area (Å²) in [7, 11) is 0. The molecule has 0 radical (unpaired) electrons. The number of nitrogens with two attached hydrogens (primary N) is 1. The molecule has 0 atom stereocenters. The van der Waals surface area contributed by atoms with Gasteiger partial charge in [0.15, 0.2) is 5.96 Å². The first-order valence-electron chi connectivity index (χ1n) is 6.49. The Morgan fingerprint density at radius 1 is 1.50 bits per heavy atom. The van der Waals surface area contributed by atoms with Crippen LogP contribution in [0.25, 0.3) is 0 Å². The lowest BCUT2D eigenvalue weighted by Crippen LogP contribution is -2.34. The van der Waals surface area contributed by atoms with Crippen LogP contribution in [0.3, 0.4) is 0 Å². The van der Waals surface area contributed by atoms with E-state index in [0.29, 0.717) is 18.4 Å². The molecule has 0 saturated heterocycles. The Balaban J connectivity index is 2.42. The smallest absolute Gasteiger partial charge is 0.188 e. The molecule has 0 saturated carbocycles. The van der Waals surface area contributed by atoms with Gasteiger partial charge in [0.2, 0.25) is 0 Å². The minimum Gasteiger partial charge on any atom is -0.370 e. The number of aliphatic imine (C=N–C) groups is 1. The Bertz CT molecular complexity index is 366. The second-order valence-corrected chi connectivity index (χ2v) is 6.62. The fourth-order valence-electron chi connectivity index (χ4n) is 1.57. The Kier molecular flexibility index (Phi) is 5.66. The van der Waals surface area contributed by atoms with E-state index >= 15 is 0 Å². The molecule has 1 aromatic rings. The summed E-state index contributed by atoms with van der Waals surface area (Å²) in [5.41, 5.74) is 5.92. The zero-order valence-corrected chi connectivity index (χ0v) is 12.7. The first kappa shape index (κ1) is 15.0. The number of rotatable bonds is 6. The topological polar surface area (TPSA) is 50.4 Å². The van der Waals surface area contributed by atoms with E-state index < -0.39 is 0 Å². The first-order chi connectivity index (χ1) is 8.42. The predicted molar refractivity (Wildman–Crippen MR) is 81.3 cm³/mol. The molecule has 102 valence electrons. The molecule has 4 heteroatoms. The Hall–Kier alpha value is -1.03. The van der Waals surface area contributed by atoms with Crippen LogP contribution in [0.4, 0.5) is 0 Å². The van der Waals surface area contributed by atoms with E-state index in [0.717, 1.165) is 13.0 Å². The standard InChI is InChI=1S/C14H25N3S/c1-11(2)7-8-16-13(15)17-10-14(3,4)12-6-5-9-18-12/h5-6,9,11H,7-8,10H2,1-4H3,(H3,15,16,17). The van der Waals surface area contributed by atoms with Crippen LogP contribution in [-0.2, 0) is 5.41 Å². The molecule has 1 aromatic heterocycles. The Morgan fingerprint density at radius 3 is 2.78 bits per heavy atom. The van der Waals surface area contributed by atoms with E-state index in [1.807, 2.05) is 0 Å². The summed E-state index contributed by atoms with van der Waals surface area (Å²) in [5.74, 6) is 1.24. The van der Waals surface area contributed by atoms with Gasteiger partial charge in [0.1, 0.15) is 0 Å². The predicted octanol–water partition coefficient (Wildman–Crippen LogP) is 2.98. The molecule has 0 aliphatic carbocycles. The Morgan fingerprint density at radius 2 is 2.22 bits per heavy atom. The van der Waals surface area contributed by atoms with Crippen LogP contribution in [0.2, 0.25) is 0 Å². The van der Waals surface area contributed by atoms with Crippen molar-refractivity contribution in [2.75, 3.05) is 13.1 Å². The van der Waals surface area contributed by atoms with Crippen molar-refractivity contribution >= 4 is 17.3 Å². The second-order valence-electron chi connectivity index (χ2n) is 5.67. The number of hydrogen-bond acceptors (Lipinski definition) is 2. The van der Waals surface area contributed by atoms with Crippen molar-refractivity contribution in [1.29, 1.82) is 0 Å².